The Morgan fingerprint density at radius 3 is 2.18 bits per heavy atom. The van der Waals surface area contributed by atoms with Crippen LogP contribution in [-0.4, -0.2) is 4.92 Å². The van der Waals surface area contributed by atoms with Crippen LogP contribution in [0, 0.1) is 10.1 Å². The number of benzene rings is 1. The summed E-state index contributed by atoms with van der Waals surface area (Å²) in [5.74, 6) is 0. The number of halogens is 1. The standard InChI is InChI=1S/C13H14ClNO2/c1-9(2)10(3)13(14)8-11-4-6-12(7-5-11)15(16)17/h4-8H,1-3H3/b13-8+. The topological polar surface area (TPSA) is 43.1 Å². The van der Waals surface area contributed by atoms with Gasteiger partial charge in [-0.05, 0) is 50.1 Å². The summed E-state index contributed by atoms with van der Waals surface area (Å²) in [4.78, 5) is 10.1. The number of rotatable bonds is 3. The van der Waals surface area contributed by atoms with Crippen LogP contribution in [0.4, 0.5) is 5.69 Å². The summed E-state index contributed by atoms with van der Waals surface area (Å²) in [6.07, 6.45) is 1.80. The number of non-ortho nitro benzene ring substituents is 1. The Morgan fingerprint density at radius 1 is 1.24 bits per heavy atom. The zero-order valence-corrected chi connectivity index (χ0v) is 10.8. The molecule has 0 atom stereocenters. The van der Waals surface area contributed by atoms with Crippen molar-refractivity contribution in [1.82, 2.24) is 0 Å². The number of hydrogen-bond acceptors (Lipinski definition) is 2. The Balaban J connectivity index is 3.00. The van der Waals surface area contributed by atoms with Gasteiger partial charge in [0.15, 0.2) is 0 Å². The Morgan fingerprint density at radius 2 is 1.76 bits per heavy atom. The smallest absolute Gasteiger partial charge is 0.258 e. The third kappa shape index (κ3) is 3.71. The van der Waals surface area contributed by atoms with Gasteiger partial charge in [-0.15, -0.1) is 0 Å². The average molecular weight is 252 g/mol. The Hall–Kier alpha value is -1.61. The van der Waals surface area contributed by atoms with Crippen molar-refractivity contribution in [2.24, 2.45) is 0 Å². The van der Waals surface area contributed by atoms with E-state index in [1.807, 2.05) is 20.8 Å². The minimum atomic E-state index is -0.420. The third-order valence-corrected chi connectivity index (χ3v) is 2.90. The van der Waals surface area contributed by atoms with Crippen LogP contribution in [0.15, 0.2) is 40.4 Å². The monoisotopic (exact) mass is 251 g/mol. The Bertz CT molecular complexity index is 483. The third-order valence-electron chi connectivity index (χ3n) is 2.51. The van der Waals surface area contributed by atoms with Crippen LogP contribution >= 0.6 is 11.6 Å². The van der Waals surface area contributed by atoms with Gasteiger partial charge < -0.3 is 0 Å². The molecule has 0 unspecified atom stereocenters. The molecule has 1 aromatic rings. The van der Waals surface area contributed by atoms with Crippen molar-refractivity contribution in [3.63, 3.8) is 0 Å². The van der Waals surface area contributed by atoms with Gasteiger partial charge in [0.25, 0.3) is 5.69 Å². The number of nitro groups is 1. The summed E-state index contributed by atoms with van der Waals surface area (Å²) in [7, 11) is 0. The highest BCUT2D eigenvalue weighted by molar-refractivity contribution is 6.34. The number of hydrogen-bond donors (Lipinski definition) is 0. The predicted octanol–water partition coefficient (Wildman–Crippen LogP) is 4.53. The molecule has 90 valence electrons. The molecule has 17 heavy (non-hydrogen) atoms. The highest BCUT2D eigenvalue weighted by Gasteiger charge is 2.04. The van der Waals surface area contributed by atoms with Crippen LogP contribution in [0.3, 0.4) is 0 Å². The largest absolute Gasteiger partial charge is 0.269 e. The van der Waals surface area contributed by atoms with Crippen LogP contribution in [-0.2, 0) is 0 Å². The second-order valence-corrected chi connectivity index (χ2v) is 4.37. The SMILES string of the molecule is CC(C)=C(C)/C(Cl)=C\c1ccc([N+](=O)[O-])cc1. The molecule has 0 aliphatic heterocycles. The molecule has 1 rings (SSSR count). The van der Waals surface area contributed by atoms with Crippen molar-refractivity contribution in [2.75, 3.05) is 0 Å². The first-order valence-corrected chi connectivity index (χ1v) is 5.55. The first kappa shape index (κ1) is 13.5. The van der Waals surface area contributed by atoms with Crippen LogP contribution in [0.1, 0.15) is 26.3 Å². The van der Waals surface area contributed by atoms with E-state index in [-0.39, 0.29) is 5.69 Å². The van der Waals surface area contributed by atoms with E-state index in [4.69, 9.17) is 11.6 Å². The molecule has 3 nitrogen and oxygen atoms in total. The van der Waals surface area contributed by atoms with Crippen LogP contribution in [0.2, 0.25) is 0 Å². The molecule has 4 heteroatoms. The molecule has 0 aliphatic carbocycles. The lowest BCUT2D eigenvalue weighted by atomic mass is 10.1. The Labute approximate surface area is 106 Å². The van der Waals surface area contributed by atoms with Crippen LogP contribution in [0.5, 0.6) is 0 Å². The Kier molecular flexibility index (Phi) is 4.46. The average Bonchev–Trinajstić information content (AvgIpc) is 2.28. The molecule has 1 aromatic carbocycles. The fourth-order valence-corrected chi connectivity index (χ4v) is 1.50. The highest BCUT2D eigenvalue weighted by Crippen LogP contribution is 2.22. The normalized spacial score (nSPS) is 11.2. The van der Waals surface area contributed by atoms with Crippen molar-refractivity contribution in [1.29, 1.82) is 0 Å². The minimum Gasteiger partial charge on any atom is -0.258 e. The lowest BCUT2D eigenvalue weighted by molar-refractivity contribution is -0.384. The molecular formula is C13H14ClNO2. The van der Waals surface area contributed by atoms with Gasteiger partial charge in [-0.2, -0.15) is 0 Å². The van der Waals surface area contributed by atoms with Crippen molar-refractivity contribution in [2.45, 2.75) is 20.8 Å². The lowest BCUT2D eigenvalue weighted by Gasteiger charge is -2.02. The molecule has 0 bridgehead atoms. The number of nitro benzene ring substituents is 1. The van der Waals surface area contributed by atoms with E-state index < -0.39 is 4.92 Å². The fourth-order valence-electron chi connectivity index (χ4n) is 1.19. The first-order valence-electron chi connectivity index (χ1n) is 5.18. The number of allylic oxidation sites excluding steroid dienone is 3. The van der Waals surface area contributed by atoms with Crippen molar-refractivity contribution >= 4 is 23.4 Å². The van der Waals surface area contributed by atoms with Crippen LogP contribution in [0.25, 0.3) is 6.08 Å². The highest BCUT2D eigenvalue weighted by atomic mass is 35.5. The van der Waals surface area contributed by atoms with Crippen molar-refractivity contribution in [3.8, 4) is 0 Å². The molecule has 0 heterocycles. The summed E-state index contributed by atoms with van der Waals surface area (Å²) in [6.45, 7) is 5.92. The zero-order valence-electron chi connectivity index (χ0n) is 10.0. The van der Waals surface area contributed by atoms with E-state index in [0.29, 0.717) is 5.03 Å². The van der Waals surface area contributed by atoms with Gasteiger partial charge in [0.2, 0.25) is 0 Å². The molecule has 0 aromatic heterocycles. The van der Waals surface area contributed by atoms with E-state index in [0.717, 1.165) is 16.7 Å². The van der Waals surface area contributed by atoms with E-state index in [1.54, 1.807) is 18.2 Å². The quantitative estimate of drug-likeness (QED) is 0.450. The minimum absolute atomic E-state index is 0.0807. The molecule has 0 saturated carbocycles. The summed E-state index contributed by atoms with van der Waals surface area (Å²) < 4.78 is 0. The van der Waals surface area contributed by atoms with E-state index in [1.165, 1.54) is 12.1 Å². The summed E-state index contributed by atoms with van der Waals surface area (Å²) in [6, 6.07) is 6.29. The predicted molar refractivity (Wildman–Crippen MR) is 71.0 cm³/mol. The molecular weight excluding hydrogens is 238 g/mol. The van der Waals surface area contributed by atoms with Gasteiger partial charge in [0.05, 0.1) is 4.92 Å². The second kappa shape index (κ2) is 5.64. The zero-order chi connectivity index (χ0) is 13.0. The van der Waals surface area contributed by atoms with E-state index in [2.05, 4.69) is 0 Å². The molecule has 0 fully saturated rings. The maximum atomic E-state index is 10.5. The van der Waals surface area contributed by atoms with Gasteiger partial charge in [0.1, 0.15) is 0 Å². The van der Waals surface area contributed by atoms with Crippen LogP contribution < -0.4 is 0 Å². The molecule has 0 amide bonds. The summed E-state index contributed by atoms with van der Waals surface area (Å²) in [5.41, 5.74) is 3.09. The van der Waals surface area contributed by atoms with Crippen molar-refractivity contribution < 1.29 is 4.92 Å². The number of nitrogens with zero attached hydrogens (tertiary/aromatic N) is 1. The second-order valence-electron chi connectivity index (χ2n) is 3.97. The van der Waals surface area contributed by atoms with Gasteiger partial charge >= 0.3 is 0 Å². The first-order chi connectivity index (χ1) is 7.91. The maximum absolute atomic E-state index is 10.5. The maximum Gasteiger partial charge on any atom is 0.269 e. The summed E-state index contributed by atoms with van der Waals surface area (Å²) in [5, 5.41) is 11.1. The van der Waals surface area contributed by atoms with Gasteiger partial charge in [0, 0.05) is 17.2 Å². The fraction of sp³-hybridized carbons (Fsp3) is 0.231. The van der Waals surface area contributed by atoms with E-state index >= 15 is 0 Å². The summed E-state index contributed by atoms with van der Waals surface area (Å²) >= 11 is 6.13. The van der Waals surface area contributed by atoms with Gasteiger partial charge in [-0.25, -0.2) is 0 Å². The van der Waals surface area contributed by atoms with Gasteiger partial charge in [-0.1, -0.05) is 17.2 Å². The van der Waals surface area contributed by atoms with Crippen molar-refractivity contribution in [3.05, 3.63) is 56.1 Å². The van der Waals surface area contributed by atoms with Gasteiger partial charge in [-0.3, -0.25) is 10.1 Å². The molecule has 0 N–H and O–H groups in total. The molecule has 0 aliphatic rings. The molecule has 0 spiro atoms. The lowest BCUT2D eigenvalue weighted by Crippen LogP contribution is -1.87. The molecule has 0 radical (unpaired) electrons. The van der Waals surface area contributed by atoms with E-state index in [9.17, 15) is 10.1 Å². The molecule has 0 saturated heterocycles.